The number of hydrogen-bond acceptors (Lipinski definition) is 4. The number of anilines is 1. The van der Waals surface area contributed by atoms with Crippen LogP contribution in [0.15, 0.2) is 52.1 Å². The van der Waals surface area contributed by atoms with Crippen LogP contribution in [0.5, 0.6) is 0 Å². The molecule has 3 aromatic rings. The smallest absolute Gasteiger partial charge is 0.234 e. The molecular formula is C22H25BrN4OS. The third-order valence-electron chi connectivity index (χ3n) is 4.55. The first-order chi connectivity index (χ1) is 13.9. The van der Waals surface area contributed by atoms with Crippen molar-refractivity contribution in [3.8, 4) is 11.4 Å². The first-order valence-electron chi connectivity index (χ1n) is 9.61. The van der Waals surface area contributed by atoms with Gasteiger partial charge in [-0.3, -0.25) is 4.79 Å². The van der Waals surface area contributed by atoms with E-state index < -0.39 is 0 Å². The quantitative estimate of drug-likeness (QED) is 0.435. The van der Waals surface area contributed by atoms with E-state index in [1.54, 1.807) is 0 Å². The molecule has 0 aliphatic carbocycles. The van der Waals surface area contributed by atoms with Crippen molar-refractivity contribution in [1.29, 1.82) is 0 Å². The van der Waals surface area contributed by atoms with Gasteiger partial charge in [0, 0.05) is 22.3 Å². The van der Waals surface area contributed by atoms with Crippen molar-refractivity contribution < 1.29 is 4.79 Å². The van der Waals surface area contributed by atoms with Gasteiger partial charge in [-0.25, -0.2) is 0 Å². The zero-order valence-electron chi connectivity index (χ0n) is 17.1. The van der Waals surface area contributed by atoms with Crippen LogP contribution < -0.4 is 5.32 Å². The third-order valence-corrected chi connectivity index (χ3v) is 6.01. The maximum atomic E-state index is 12.6. The second-order valence-corrected chi connectivity index (χ2v) is 9.00. The van der Waals surface area contributed by atoms with Crippen LogP contribution in [0.2, 0.25) is 0 Å². The maximum absolute atomic E-state index is 12.6. The summed E-state index contributed by atoms with van der Waals surface area (Å²) in [5, 5.41) is 12.5. The van der Waals surface area contributed by atoms with Crippen LogP contribution in [-0.2, 0) is 11.3 Å². The molecule has 0 aliphatic rings. The average Bonchev–Trinajstić information content (AvgIpc) is 3.10. The summed E-state index contributed by atoms with van der Waals surface area (Å²) < 4.78 is 3.06. The number of aromatic nitrogens is 3. The Hall–Kier alpha value is -2.12. The molecule has 0 atom stereocenters. The molecule has 7 heteroatoms. The standard InChI is InChI=1S/C22H25BrN4OS/c1-5-27-21(16-8-6-7-15(4)11-16)25-26-22(27)29-13-20(28)24-19-10-9-17(23)12-18(19)14(2)3/h6-12,14H,5,13H2,1-4H3,(H,24,28). The molecule has 0 aliphatic heterocycles. The largest absolute Gasteiger partial charge is 0.325 e. The fourth-order valence-electron chi connectivity index (χ4n) is 3.12. The molecule has 0 spiro atoms. The Labute approximate surface area is 184 Å². The van der Waals surface area contributed by atoms with E-state index in [2.05, 4.69) is 77.3 Å². The summed E-state index contributed by atoms with van der Waals surface area (Å²) in [7, 11) is 0. The van der Waals surface area contributed by atoms with Crippen molar-refractivity contribution in [2.24, 2.45) is 0 Å². The number of hydrogen-bond donors (Lipinski definition) is 1. The van der Waals surface area contributed by atoms with Gasteiger partial charge in [-0.15, -0.1) is 10.2 Å². The van der Waals surface area contributed by atoms with Gasteiger partial charge < -0.3 is 9.88 Å². The van der Waals surface area contributed by atoms with Gasteiger partial charge in [0.25, 0.3) is 0 Å². The summed E-state index contributed by atoms with van der Waals surface area (Å²) in [6, 6.07) is 14.1. The molecule has 1 amide bonds. The van der Waals surface area contributed by atoms with Crippen molar-refractivity contribution in [1.82, 2.24) is 14.8 Å². The van der Waals surface area contributed by atoms with Crippen LogP contribution in [0.3, 0.4) is 0 Å². The van der Waals surface area contributed by atoms with E-state index in [-0.39, 0.29) is 11.7 Å². The number of benzene rings is 2. The van der Waals surface area contributed by atoms with Gasteiger partial charge in [-0.05, 0) is 49.6 Å². The van der Waals surface area contributed by atoms with E-state index >= 15 is 0 Å². The summed E-state index contributed by atoms with van der Waals surface area (Å²) in [6.07, 6.45) is 0. The van der Waals surface area contributed by atoms with E-state index in [1.165, 1.54) is 17.3 Å². The van der Waals surface area contributed by atoms with Gasteiger partial charge in [-0.1, -0.05) is 65.3 Å². The van der Waals surface area contributed by atoms with Gasteiger partial charge in [-0.2, -0.15) is 0 Å². The highest BCUT2D eigenvalue weighted by Crippen LogP contribution is 2.29. The topological polar surface area (TPSA) is 59.8 Å². The molecule has 0 saturated carbocycles. The van der Waals surface area contributed by atoms with Crippen molar-refractivity contribution in [3.63, 3.8) is 0 Å². The van der Waals surface area contributed by atoms with E-state index in [1.807, 2.05) is 28.8 Å². The molecule has 2 aromatic carbocycles. The summed E-state index contributed by atoms with van der Waals surface area (Å²) in [5.74, 6) is 1.37. The van der Waals surface area contributed by atoms with Gasteiger partial charge in [0.2, 0.25) is 5.91 Å². The molecule has 152 valence electrons. The second kappa shape index (κ2) is 9.59. The maximum Gasteiger partial charge on any atom is 0.234 e. The first kappa shape index (κ1) is 21.6. The molecule has 29 heavy (non-hydrogen) atoms. The lowest BCUT2D eigenvalue weighted by molar-refractivity contribution is -0.113. The number of carbonyl (C=O) groups excluding carboxylic acids is 1. The van der Waals surface area contributed by atoms with Gasteiger partial charge >= 0.3 is 0 Å². The Bertz CT molecular complexity index is 1020. The van der Waals surface area contributed by atoms with Crippen LogP contribution in [0.25, 0.3) is 11.4 Å². The Morgan fingerprint density at radius 3 is 2.69 bits per heavy atom. The van der Waals surface area contributed by atoms with Crippen LogP contribution in [0, 0.1) is 6.92 Å². The zero-order valence-corrected chi connectivity index (χ0v) is 19.5. The molecule has 5 nitrogen and oxygen atoms in total. The highest BCUT2D eigenvalue weighted by Gasteiger charge is 2.16. The fourth-order valence-corrected chi connectivity index (χ4v) is 4.30. The number of nitrogens with one attached hydrogen (secondary N) is 1. The number of carbonyl (C=O) groups is 1. The molecule has 0 saturated heterocycles. The number of halogens is 1. The molecule has 1 N–H and O–H groups in total. The van der Waals surface area contributed by atoms with Crippen molar-refractivity contribution >= 4 is 39.3 Å². The van der Waals surface area contributed by atoms with Crippen LogP contribution in [0.4, 0.5) is 5.69 Å². The SMILES string of the molecule is CCn1c(SCC(=O)Nc2ccc(Br)cc2C(C)C)nnc1-c1cccc(C)c1. The minimum Gasteiger partial charge on any atom is -0.325 e. The predicted octanol–water partition coefficient (Wildman–Crippen LogP) is 5.89. The Kier molecular flexibility index (Phi) is 7.14. The summed E-state index contributed by atoms with van der Waals surface area (Å²) in [6.45, 7) is 9.09. The molecule has 3 rings (SSSR count). The first-order valence-corrected chi connectivity index (χ1v) is 11.4. The van der Waals surface area contributed by atoms with Gasteiger partial charge in [0.15, 0.2) is 11.0 Å². The molecule has 0 unspecified atom stereocenters. The van der Waals surface area contributed by atoms with Gasteiger partial charge in [0.05, 0.1) is 5.75 Å². The number of aryl methyl sites for hydroxylation is 1. The Balaban J connectivity index is 1.71. The number of nitrogens with zero attached hydrogens (tertiary/aromatic N) is 3. The predicted molar refractivity (Wildman–Crippen MR) is 123 cm³/mol. The molecule has 1 aromatic heterocycles. The molecule has 0 bridgehead atoms. The second-order valence-electron chi connectivity index (χ2n) is 7.14. The highest BCUT2D eigenvalue weighted by atomic mass is 79.9. The molecule has 0 fully saturated rings. The average molecular weight is 473 g/mol. The third kappa shape index (κ3) is 5.28. The van der Waals surface area contributed by atoms with Crippen molar-refractivity contribution in [2.45, 2.75) is 45.3 Å². The monoisotopic (exact) mass is 472 g/mol. The van der Waals surface area contributed by atoms with Crippen LogP contribution >= 0.6 is 27.7 Å². The molecular weight excluding hydrogens is 448 g/mol. The van der Waals surface area contributed by atoms with Crippen molar-refractivity contribution in [3.05, 3.63) is 58.1 Å². The van der Waals surface area contributed by atoms with Crippen LogP contribution in [-0.4, -0.2) is 26.4 Å². The molecule has 1 heterocycles. The minimum atomic E-state index is -0.0537. The Morgan fingerprint density at radius 1 is 1.21 bits per heavy atom. The lowest BCUT2D eigenvalue weighted by atomic mass is 10.0. The number of rotatable bonds is 7. The van der Waals surface area contributed by atoms with Crippen LogP contribution in [0.1, 0.15) is 37.8 Å². The fraction of sp³-hybridized carbons (Fsp3) is 0.318. The van der Waals surface area contributed by atoms with E-state index in [4.69, 9.17) is 0 Å². The lowest BCUT2D eigenvalue weighted by Crippen LogP contribution is -2.16. The Morgan fingerprint density at radius 2 is 2.00 bits per heavy atom. The number of thioether (sulfide) groups is 1. The summed E-state index contributed by atoms with van der Waals surface area (Å²) in [5.41, 5.74) is 4.17. The van der Waals surface area contributed by atoms with Crippen molar-refractivity contribution in [2.75, 3.05) is 11.1 Å². The highest BCUT2D eigenvalue weighted by molar-refractivity contribution is 9.10. The van der Waals surface area contributed by atoms with Gasteiger partial charge in [0.1, 0.15) is 0 Å². The summed E-state index contributed by atoms with van der Waals surface area (Å²) in [4.78, 5) is 12.6. The lowest BCUT2D eigenvalue weighted by Gasteiger charge is -2.14. The van der Waals surface area contributed by atoms with E-state index in [0.29, 0.717) is 5.92 Å². The summed E-state index contributed by atoms with van der Waals surface area (Å²) >= 11 is 4.90. The minimum absolute atomic E-state index is 0.0537. The zero-order chi connectivity index (χ0) is 21.0. The number of amides is 1. The molecule has 0 radical (unpaired) electrons. The normalized spacial score (nSPS) is 11.1. The van der Waals surface area contributed by atoms with E-state index in [0.717, 1.165) is 38.8 Å². The van der Waals surface area contributed by atoms with E-state index in [9.17, 15) is 4.79 Å².